The molecule has 2 atom stereocenters. The number of fused-ring (bicyclic) bond motifs is 1. The molecule has 7 heteroatoms. The Hall–Kier alpha value is -2.25. The maximum Gasteiger partial charge on any atom is 0.155 e. The molecule has 3 N–H and O–H groups in total. The van der Waals surface area contributed by atoms with Crippen molar-refractivity contribution in [2.75, 3.05) is 18.4 Å². The van der Waals surface area contributed by atoms with Crippen LogP contribution in [-0.2, 0) is 0 Å². The van der Waals surface area contributed by atoms with Gasteiger partial charge in [-0.15, -0.1) is 22.7 Å². The van der Waals surface area contributed by atoms with E-state index >= 15 is 0 Å². The van der Waals surface area contributed by atoms with Crippen LogP contribution >= 0.6 is 34.3 Å². The molecule has 5 rings (SSSR count). The van der Waals surface area contributed by atoms with Crippen molar-refractivity contribution in [3.8, 4) is 9.75 Å². The van der Waals surface area contributed by atoms with Crippen LogP contribution in [0, 0.1) is 11.8 Å². The van der Waals surface area contributed by atoms with Crippen molar-refractivity contribution in [3.63, 3.8) is 0 Å². The maximum atomic E-state index is 6.27. The Balaban J connectivity index is 1.38. The summed E-state index contributed by atoms with van der Waals surface area (Å²) in [5, 5.41) is 7.40. The van der Waals surface area contributed by atoms with Crippen LogP contribution in [0.5, 0.6) is 0 Å². The molecule has 1 aliphatic carbocycles. The van der Waals surface area contributed by atoms with E-state index in [9.17, 15) is 0 Å². The highest BCUT2D eigenvalue weighted by Crippen LogP contribution is 2.33. The molecule has 0 bridgehead atoms. The van der Waals surface area contributed by atoms with Gasteiger partial charge in [-0.25, -0.2) is 9.97 Å². The lowest BCUT2D eigenvalue weighted by atomic mass is 9.81. The fourth-order valence-corrected chi connectivity index (χ4v) is 6.43. The van der Waals surface area contributed by atoms with E-state index in [1.54, 1.807) is 22.7 Å². The Morgan fingerprint density at radius 3 is 2.82 bits per heavy atom. The average Bonchev–Trinajstić information content (AvgIpc) is 3.53. The van der Waals surface area contributed by atoms with Crippen LogP contribution in [-0.4, -0.2) is 23.1 Å². The van der Waals surface area contributed by atoms with E-state index in [-0.39, 0.29) is 0 Å². The zero-order chi connectivity index (χ0) is 22.6. The van der Waals surface area contributed by atoms with Crippen LogP contribution in [0.25, 0.3) is 32.8 Å². The summed E-state index contributed by atoms with van der Waals surface area (Å²) in [7, 11) is 0. The van der Waals surface area contributed by atoms with Crippen LogP contribution in [0.3, 0.4) is 0 Å². The second kappa shape index (κ2) is 10.3. The molecule has 1 aliphatic rings. The van der Waals surface area contributed by atoms with Gasteiger partial charge in [0, 0.05) is 31.6 Å². The van der Waals surface area contributed by atoms with E-state index in [0.717, 1.165) is 29.8 Å². The second-order valence-corrected chi connectivity index (χ2v) is 11.1. The summed E-state index contributed by atoms with van der Waals surface area (Å²) in [5.41, 5.74) is 6.79. The average molecular weight is 495 g/mol. The summed E-state index contributed by atoms with van der Waals surface area (Å²) in [6.07, 6.45) is 9.03. The molecular formula is C26H27ClN4S2. The maximum absolute atomic E-state index is 6.27. The van der Waals surface area contributed by atoms with E-state index in [1.165, 1.54) is 40.3 Å². The number of hydrogen-bond donors (Lipinski definition) is 2. The predicted octanol–water partition coefficient (Wildman–Crippen LogP) is 7.42. The highest BCUT2D eigenvalue weighted by molar-refractivity contribution is 7.21. The first-order chi connectivity index (χ1) is 16.2. The number of nitrogens with one attached hydrogen (secondary N) is 1. The molecule has 1 saturated carbocycles. The highest BCUT2D eigenvalue weighted by atomic mass is 35.5. The van der Waals surface area contributed by atoms with E-state index in [1.807, 2.05) is 24.3 Å². The number of halogens is 1. The van der Waals surface area contributed by atoms with Crippen molar-refractivity contribution >= 4 is 63.1 Å². The minimum Gasteiger partial charge on any atom is -0.369 e. The topological polar surface area (TPSA) is 63.8 Å². The third kappa shape index (κ3) is 5.46. The SMILES string of the molecule is NCC1CCCC(CNc2nc(C=Cc3ccc(-c4cccs4)s3)nc3cc(Cl)ccc23)C1. The fourth-order valence-electron chi connectivity index (χ4n) is 4.52. The minimum absolute atomic E-state index is 0.630. The number of nitrogens with two attached hydrogens (primary N) is 1. The van der Waals surface area contributed by atoms with Gasteiger partial charge in [0.25, 0.3) is 0 Å². The molecule has 170 valence electrons. The molecule has 0 amide bonds. The molecule has 3 heterocycles. The summed E-state index contributed by atoms with van der Waals surface area (Å²) < 4.78 is 0. The summed E-state index contributed by atoms with van der Waals surface area (Å²) >= 11 is 9.80. The monoisotopic (exact) mass is 494 g/mol. The Labute approximate surface area is 207 Å². The predicted molar refractivity (Wildman–Crippen MR) is 144 cm³/mol. The zero-order valence-electron chi connectivity index (χ0n) is 18.3. The Morgan fingerprint density at radius 1 is 1.06 bits per heavy atom. The van der Waals surface area contributed by atoms with E-state index in [2.05, 4.69) is 41.0 Å². The molecule has 0 aliphatic heterocycles. The van der Waals surface area contributed by atoms with Crippen molar-refractivity contribution in [2.24, 2.45) is 17.6 Å². The molecule has 0 spiro atoms. The first-order valence-electron chi connectivity index (χ1n) is 11.4. The van der Waals surface area contributed by atoms with Crippen LogP contribution < -0.4 is 11.1 Å². The number of hydrogen-bond acceptors (Lipinski definition) is 6. The number of thiophene rings is 2. The van der Waals surface area contributed by atoms with Gasteiger partial charge in [-0.2, -0.15) is 0 Å². The van der Waals surface area contributed by atoms with E-state index in [0.29, 0.717) is 22.7 Å². The van der Waals surface area contributed by atoms with Gasteiger partial charge in [-0.3, -0.25) is 0 Å². The summed E-state index contributed by atoms with van der Waals surface area (Å²) in [5.74, 6) is 2.83. The second-order valence-electron chi connectivity index (χ2n) is 8.62. The lowest BCUT2D eigenvalue weighted by molar-refractivity contribution is 0.281. The molecule has 4 aromatic rings. The third-order valence-electron chi connectivity index (χ3n) is 6.25. The standard InChI is InChI=1S/C26H27ClN4S2/c27-19-6-9-21-22(14-19)30-25(11-8-20-7-10-24(33-20)23-5-2-12-32-23)31-26(21)29-16-18-4-1-3-17(13-18)15-28/h2,5-12,14,17-18H,1,3-4,13,15-16,28H2,(H,29,30,31). The third-order valence-corrected chi connectivity index (χ3v) is 8.60. The minimum atomic E-state index is 0.630. The molecule has 1 aromatic carbocycles. The quantitative estimate of drug-likeness (QED) is 0.280. The zero-order valence-corrected chi connectivity index (χ0v) is 20.7. The Kier molecular flexibility index (Phi) is 7.07. The number of nitrogens with zero attached hydrogens (tertiary/aromatic N) is 2. The van der Waals surface area contributed by atoms with Crippen LogP contribution in [0.15, 0.2) is 47.8 Å². The summed E-state index contributed by atoms with van der Waals surface area (Å²) in [4.78, 5) is 13.4. The van der Waals surface area contributed by atoms with Gasteiger partial charge in [0.1, 0.15) is 5.82 Å². The van der Waals surface area contributed by atoms with Gasteiger partial charge < -0.3 is 11.1 Å². The van der Waals surface area contributed by atoms with Crippen LogP contribution in [0.2, 0.25) is 5.02 Å². The molecule has 4 nitrogen and oxygen atoms in total. The number of anilines is 1. The molecule has 0 radical (unpaired) electrons. The molecular weight excluding hydrogens is 468 g/mol. The Morgan fingerprint density at radius 2 is 1.97 bits per heavy atom. The molecule has 3 aromatic heterocycles. The van der Waals surface area contributed by atoms with E-state index in [4.69, 9.17) is 27.3 Å². The van der Waals surface area contributed by atoms with Crippen molar-refractivity contribution < 1.29 is 0 Å². The van der Waals surface area contributed by atoms with Gasteiger partial charge in [0.05, 0.1) is 5.52 Å². The first-order valence-corrected chi connectivity index (χ1v) is 13.5. The van der Waals surface area contributed by atoms with Gasteiger partial charge in [-0.1, -0.05) is 24.1 Å². The molecule has 2 unspecified atom stereocenters. The number of benzene rings is 1. The van der Waals surface area contributed by atoms with Gasteiger partial charge in [0.15, 0.2) is 5.82 Å². The summed E-state index contributed by atoms with van der Waals surface area (Å²) in [6.45, 7) is 1.70. The van der Waals surface area contributed by atoms with Crippen LogP contribution in [0.1, 0.15) is 36.4 Å². The molecule has 1 fully saturated rings. The number of rotatable bonds is 7. The fraction of sp³-hybridized carbons (Fsp3) is 0.308. The van der Waals surface area contributed by atoms with Gasteiger partial charge >= 0.3 is 0 Å². The Bertz CT molecular complexity index is 1250. The largest absolute Gasteiger partial charge is 0.369 e. The smallest absolute Gasteiger partial charge is 0.155 e. The van der Waals surface area contributed by atoms with Crippen molar-refractivity contribution in [3.05, 3.63) is 63.6 Å². The van der Waals surface area contributed by atoms with Crippen molar-refractivity contribution in [1.82, 2.24) is 9.97 Å². The molecule has 33 heavy (non-hydrogen) atoms. The normalized spacial score (nSPS) is 18.8. The summed E-state index contributed by atoms with van der Waals surface area (Å²) in [6, 6.07) is 14.4. The molecule has 0 saturated heterocycles. The van der Waals surface area contributed by atoms with Crippen LogP contribution in [0.4, 0.5) is 5.82 Å². The van der Waals surface area contributed by atoms with Crippen molar-refractivity contribution in [1.29, 1.82) is 0 Å². The van der Waals surface area contributed by atoms with Crippen molar-refractivity contribution in [2.45, 2.75) is 25.7 Å². The lowest BCUT2D eigenvalue weighted by Gasteiger charge is -2.28. The van der Waals surface area contributed by atoms with E-state index < -0.39 is 0 Å². The number of aromatic nitrogens is 2. The highest BCUT2D eigenvalue weighted by Gasteiger charge is 2.21. The first kappa shape index (κ1) is 22.5. The van der Waals surface area contributed by atoms with Gasteiger partial charge in [0.2, 0.25) is 0 Å². The van der Waals surface area contributed by atoms with Gasteiger partial charge in [-0.05, 0) is 91.6 Å². The lowest BCUT2D eigenvalue weighted by Crippen LogP contribution is -2.26.